The highest BCUT2D eigenvalue weighted by atomic mass is 16.6. The molecule has 198 valence electrons. The first kappa shape index (κ1) is 28.2. The Kier molecular flexibility index (Phi) is 10.1. The Morgan fingerprint density at radius 3 is 1.97 bits per heavy atom. The zero-order valence-corrected chi connectivity index (χ0v) is 21.4. The summed E-state index contributed by atoms with van der Waals surface area (Å²) in [4.78, 5) is 38.3. The van der Waals surface area contributed by atoms with Crippen molar-refractivity contribution in [3.05, 3.63) is 77.9 Å². The number of aliphatic hydroxyl groups is 2. The molecule has 1 heterocycles. The zero-order valence-electron chi connectivity index (χ0n) is 21.4. The van der Waals surface area contributed by atoms with Crippen molar-refractivity contribution in [1.29, 1.82) is 0 Å². The molecular weight excluding hydrogens is 472 g/mol. The number of hydrogen-bond acceptors (Lipinski definition) is 6. The Hall–Kier alpha value is -3.33. The van der Waals surface area contributed by atoms with Crippen LogP contribution < -0.4 is 10.6 Å². The van der Waals surface area contributed by atoms with Crippen LogP contribution >= 0.6 is 0 Å². The van der Waals surface area contributed by atoms with Gasteiger partial charge in [0.25, 0.3) is 0 Å². The summed E-state index contributed by atoms with van der Waals surface area (Å²) in [7, 11) is 0. The van der Waals surface area contributed by atoms with Crippen LogP contribution in [0.5, 0.6) is 0 Å². The lowest BCUT2D eigenvalue weighted by Crippen LogP contribution is -2.55. The number of ether oxygens (including phenoxy) is 1. The number of ketones is 1. The van der Waals surface area contributed by atoms with Gasteiger partial charge in [0.1, 0.15) is 6.04 Å². The molecule has 0 radical (unpaired) electrons. The van der Waals surface area contributed by atoms with E-state index in [-0.39, 0.29) is 18.9 Å². The standard InChI is InChI=1S/C29H36N2O6/c1-20(2)16-24(27(35)29(18-33)19-37-29)31-28(36)25(17-32)30-26(34)15-9-14-23(21-10-5-3-6-11-21)22-12-7-4-8-13-22/h3-8,10-14,20,24-25,32-33H,9,15-19H2,1-2H3,(H,30,34)(H,31,36)/t24-,25-,29-/m0/s1. The molecule has 3 atom stereocenters. The molecule has 1 saturated heterocycles. The molecule has 0 bridgehead atoms. The van der Waals surface area contributed by atoms with Gasteiger partial charge in [0.15, 0.2) is 11.4 Å². The van der Waals surface area contributed by atoms with E-state index in [4.69, 9.17) is 4.74 Å². The summed E-state index contributed by atoms with van der Waals surface area (Å²) in [6.07, 6.45) is 2.87. The number of carbonyl (C=O) groups excluding carboxylic acids is 3. The Morgan fingerprint density at radius 2 is 1.51 bits per heavy atom. The smallest absolute Gasteiger partial charge is 0.245 e. The summed E-state index contributed by atoms with van der Waals surface area (Å²) in [5.41, 5.74) is 1.79. The van der Waals surface area contributed by atoms with Gasteiger partial charge in [-0.15, -0.1) is 0 Å². The Labute approximate surface area is 217 Å². The van der Waals surface area contributed by atoms with E-state index in [2.05, 4.69) is 10.6 Å². The normalized spacial score (nSPS) is 18.0. The van der Waals surface area contributed by atoms with Gasteiger partial charge < -0.3 is 25.6 Å². The van der Waals surface area contributed by atoms with E-state index in [9.17, 15) is 24.6 Å². The Morgan fingerprint density at radius 1 is 0.946 bits per heavy atom. The van der Waals surface area contributed by atoms with Gasteiger partial charge >= 0.3 is 0 Å². The molecule has 0 spiro atoms. The van der Waals surface area contributed by atoms with E-state index in [1.807, 2.05) is 80.6 Å². The lowest BCUT2D eigenvalue weighted by molar-refractivity contribution is -0.134. The molecule has 0 aromatic heterocycles. The predicted octanol–water partition coefficient (Wildman–Crippen LogP) is 2.24. The first-order valence-electron chi connectivity index (χ1n) is 12.6. The van der Waals surface area contributed by atoms with Gasteiger partial charge in [-0.1, -0.05) is 80.6 Å². The maximum absolute atomic E-state index is 12.8. The van der Waals surface area contributed by atoms with Crippen molar-refractivity contribution in [2.24, 2.45) is 5.92 Å². The quantitative estimate of drug-likeness (QED) is 0.290. The summed E-state index contributed by atoms with van der Waals surface area (Å²) < 4.78 is 5.15. The van der Waals surface area contributed by atoms with E-state index >= 15 is 0 Å². The fourth-order valence-corrected chi connectivity index (χ4v) is 4.14. The van der Waals surface area contributed by atoms with Crippen molar-refractivity contribution in [2.45, 2.75) is 50.8 Å². The molecule has 2 amide bonds. The molecule has 1 aliphatic heterocycles. The molecule has 8 nitrogen and oxygen atoms in total. The molecule has 37 heavy (non-hydrogen) atoms. The van der Waals surface area contributed by atoms with Crippen LogP contribution in [0.25, 0.3) is 5.57 Å². The Bertz CT molecular complexity index is 1040. The minimum absolute atomic E-state index is 0.0844. The van der Waals surface area contributed by atoms with Crippen molar-refractivity contribution < 1.29 is 29.3 Å². The monoisotopic (exact) mass is 508 g/mol. The van der Waals surface area contributed by atoms with Crippen LogP contribution in [0.3, 0.4) is 0 Å². The number of benzene rings is 2. The average molecular weight is 509 g/mol. The van der Waals surface area contributed by atoms with Gasteiger partial charge in [-0.2, -0.15) is 0 Å². The van der Waals surface area contributed by atoms with Gasteiger partial charge in [0.05, 0.1) is 25.9 Å². The van der Waals surface area contributed by atoms with Gasteiger partial charge in [-0.05, 0) is 35.5 Å². The third-order valence-electron chi connectivity index (χ3n) is 6.26. The fourth-order valence-electron chi connectivity index (χ4n) is 4.14. The van der Waals surface area contributed by atoms with Gasteiger partial charge in [-0.25, -0.2) is 0 Å². The Balaban J connectivity index is 1.61. The highest BCUT2D eigenvalue weighted by Gasteiger charge is 2.54. The number of Topliss-reactive ketones (excluding diaryl/α,β-unsaturated/α-hetero) is 1. The highest BCUT2D eigenvalue weighted by Crippen LogP contribution is 2.30. The highest BCUT2D eigenvalue weighted by molar-refractivity contribution is 5.98. The summed E-state index contributed by atoms with van der Waals surface area (Å²) in [6, 6.07) is 17.7. The van der Waals surface area contributed by atoms with E-state index in [1.165, 1.54) is 0 Å². The molecule has 4 N–H and O–H groups in total. The van der Waals surface area contributed by atoms with Crippen molar-refractivity contribution in [1.82, 2.24) is 10.6 Å². The van der Waals surface area contributed by atoms with Crippen molar-refractivity contribution in [2.75, 3.05) is 19.8 Å². The van der Waals surface area contributed by atoms with Crippen molar-refractivity contribution in [3.63, 3.8) is 0 Å². The van der Waals surface area contributed by atoms with Crippen LogP contribution in [0, 0.1) is 5.92 Å². The summed E-state index contributed by atoms with van der Waals surface area (Å²) in [5, 5.41) is 24.5. The van der Waals surface area contributed by atoms with Crippen LogP contribution in [0.2, 0.25) is 0 Å². The number of rotatable bonds is 14. The van der Waals surface area contributed by atoms with E-state index < -0.39 is 48.5 Å². The van der Waals surface area contributed by atoms with Crippen LogP contribution in [0.1, 0.15) is 44.2 Å². The number of epoxide rings is 1. The topological polar surface area (TPSA) is 128 Å². The SMILES string of the molecule is CC(C)C[C@H](NC(=O)[C@H](CO)NC(=O)CCC=C(c1ccccc1)c1ccccc1)C(=O)[C@]1(CO)CO1. The van der Waals surface area contributed by atoms with E-state index in [0.717, 1.165) is 16.7 Å². The molecule has 0 unspecified atom stereocenters. The van der Waals surface area contributed by atoms with E-state index in [1.54, 1.807) is 0 Å². The summed E-state index contributed by atoms with van der Waals surface area (Å²) >= 11 is 0. The average Bonchev–Trinajstić information content (AvgIpc) is 3.71. The molecule has 1 aliphatic rings. The van der Waals surface area contributed by atoms with Crippen LogP contribution in [-0.2, 0) is 19.1 Å². The van der Waals surface area contributed by atoms with Crippen molar-refractivity contribution >= 4 is 23.2 Å². The number of nitrogens with one attached hydrogen (secondary N) is 2. The second-order valence-electron chi connectivity index (χ2n) is 9.69. The zero-order chi connectivity index (χ0) is 26.8. The van der Waals surface area contributed by atoms with Gasteiger partial charge in [0.2, 0.25) is 11.8 Å². The second-order valence-corrected chi connectivity index (χ2v) is 9.69. The number of hydrogen-bond donors (Lipinski definition) is 4. The maximum atomic E-state index is 12.8. The molecule has 2 aromatic rings. The lowest BCUT2D eigenvalue weighted by atomic mass is 9.92. The molecule has 3 rings (SSSR count). The van der Waals surface area contributed by atoms with Crippen molar-refractivity contribution in [3.8, 4) is 0 Å². The fraction of sp³-hybridized carbons (Fsp3) is 0.414. The predicted molar refractivity (Wildman–Crippen MR) is 140 cm³/mol. The largest absolute Gasteiger partial charge is 0.394 e. The third-order valence-corrected chi connectivity index (χ3v) is 6.26. The molecular formula is C29H36N2O6. The number of aliphatic hydroxyl groups excluding tert-OH is 2. The number of amides is 2. The molecule has 2 aromatic carbocycles. The first-order chi connectivity index (χ1) is 17.8. The number of allylic oxidation sites excluding steroid dienone is 1. The minimum Gasteiger partial charge on any atom is -0.394 e. The number of carbonyl (C=O) groups is 3. The van der Waals surface area contributed by atoms with Gasteiger partial charge in [0, 0.05) is 6.42 Å². The lowest BCUT2D eigenvalue weighted by Gasteiger charge is -2.24. The molecule has 0 saturated carbocycles. The molecule has 1 fully saturated rings. The van der Waals surface area contributed by atoms with Crippen LogP contribution in [-0.4, -0.2) is 65.3 Å². The third kappa shape index (κ3) is 7.82. The van der Waals surface area contributed by atoms with E-state index in [0.29, 0.717) is 12.8 Å². The molecule has 0 aliphatic carbocycles. The summed E-state index contributed by atoms with van der Waals surface area (Å²) in [6.45, 7) is 2.84. The maximum Gasteiger partial charge on any atom is 0.245 e. The van der Waals surface area contributed by atoms with Crippen LogP contribution in [0.15, 0.2) is 66.7 Å². The molecule has 8 heteroatoms. The first-order valence-corrected chi connectivity index (χ1v) is 12.6. The minimum atomic E-state index is -1.27. The van der Waals surface area contributed by atoms with Gasteiger partial charge in [-0.3, -0.25) is 14.4 Å². The second kappa shape index (κ2) is 13.3. The van der Waals surface area contributed by atoms with Crippen LogP contribution in [0.4, 0.5) is 0 Å². The summed E-state index contributed by atoms with van der Waals surface area (Å²) in [5.74, 6) is -1.37.